The molecule has 1 fully saturated rings. The van der Waals surface area contributed by atoms with Gasteiger partial charge in [0.15, 0.2) is 0 Å². The number of hydrogen-bond donors (Lipinski definition) is 2. The van der Waals surface area contributed by atoms with Crippen molar-refractivity contribution in [1.82, 2.24) is 4.90 Å². The van der Waals surface area contributed by atoms with Crippen LogP contribution in [-0.4, -0.2) is 55.3 Å². The molecule has 29 heavy (non-hydrogen) atoms. The van der Waals surface area contributed by atoms with Crippen LogP contribution in [0.15, 0.2) is 48.5 Å². The Morgan fingerprint density at radius 2 is 1.66 bits per heavy atom. The summed E-state index contributed by atoms with van der Waals surface area (Å²) < 4.78 is 5.29. The minimum absolute atomic E-state index is 0.0354. The average molecular weight is 414 g/mol. The zero-order valence-electron chi connectivity index (χ0n) is 16.6. The lowest BCUT2D eigenvalue weighted by molar-refractivity contribution is -0.118. The zero-order chi connectivity index (χ0) is 20.5. The zero-order valence-corrected chi connectivity index (χ0v) is 17.5. The summed E-state index contributed by atoms with van der Waals surface area (Å²) >= 11 is 1.59. The van der Waals surface area contributed by atoms with E-state index in [0.29, 0.717) is 25.5 Å². The number of hydrogen-bond acceptors (Lipinski definition) is 5. The number of nitrogens with one attached hydrogen (secondary N) is 2. The SMILES string of the molecule is Cc1cccc(CSCC(=O)Nc2ccc(NC(=O)CN3CCOCC3)cc2)c1. The molecule has 154 valence electrons. The molecule has 1 aliphatic heterocycles. The maximum Gasteiger partial charge on any atom is 0.238 e. The molecular formula is C22H27N3O3S. The number of nitrogens with zero attached hydrogens (tertiary/aromatic N) is 1. The molecule has 3 rings (SSSR count). The minimum atomic E-state index is -0.0452. The molecule has 0 radical (unpaired) electrons. The molecule has 7 heteroatoms. The van der Waals surface area contributed by atoms with Gasteiger partial charge in [0.2, 0.25) is 11.8 Å². The summed E-state index contributed by atoms with van der Waals surface area (Å²) in [5.41, 5.74) is 3.89. The second-order valence-corrected chi connectivity index (χ2v) is 8.03. The lowest BCUT2D eigenvalue weighted by atomic mass is 10.2. The van der Waals surface area contributed by atoms with E-state index in [1.807, 2.05) is 6.07 Å². The van der Waals surface area contributed by atoms with Crippen LogP contribution in [0.2, 0.25) is 0 Å². The summed E-state index contributed by atoms with van der Waals surface area (Å²) in [5.74, 6) is 1.12. The molecule has 1 saturated heterocycles. The highest BCUT2D eigenvalue weighted by Crippen LogP contribution is 2.16. The molecule has 0 unspecified atom stereocenters. The van der Waals surface area contributed by atoms with Gasteiger partial charge >= 0.3 is 0 Å². The van der Waals surface area contributed by atoms with E-state index in [2.05, 4.69) is 40.7 Å². The van der Waals surface area contributed by atoms with Crippen LogP contribution in [0.4, 0.5) is 11.4 Å². The van der Waals surface area contributed by atoms with Crippen molar-refractivity contribution in [1.29, 1.82) is 0 Å². The van der Waals surface area contributed by atoms with E-state index in [-0.39, 0.29) is 11.8 Å². The molecule has 2 N–H and O–H groups in total. The van der Waals surface area contributed by atoms with Gasteiger partial charge in [0.1, 0.15) is 0 Å². The highest BCUT2D eigenvalue weighted by molar-refractivity contribution is 7.99. The predicted octanol–water partition coefficient (Wildman–Crippen LogP) is 3.14. The number of thioether (sulfide) groups is 1. The Hall–Kier alpha value is -2.35. The van der Waals surface area contributed by atoms with Crippen molar-refractivity contribution in [2.24, 2.45) is 0 Å². The van der Waals surface area contributed by atoms with Crippen LogP contribution in [0.3, 0.4) is 0 Å². The van der Waals surface area contributed by atoms with Gasteiger partial charge in [0, 0.05) is 30.2 Å². The van der Waals surface area contributed by atoms with E-state index in [9.17, 15) is 9.59 Å². The van der Waals surface area contributed by atoms with Crippen molar-refractivity contribution in [2.75, 3.05) is 49.2 Å². The van der Waals surface area contributed by atoms with Crippen LogP contribution in [0.5, 0.6) is 0 Å². The fraction of sp³-hybridized carbons (Fsp3) is 0.364. The van der Waals surface area contributed by atoms with Crippen molar-refractivity contribution < 1.29 is 14.3 Å². The molecule has 0 bridgehead atoms. The third kappa shape index (κ3) is 7.53. The average Bonchev–Trinajstić information content (AvgIpc) is 2.70. The standard InChI is InChI=1S/C22H27N3O3S/c1-17-3-2-4-18(13-17)15-29-16-22(27)24-20-7-5-19(6-8-20)23-21(26)14-25-9-11-28-12-10-25/h2-8,13H,9-12,14-16H2,1H3,(H,23,26)(H,24,27). The van der Waals surface area contributed by atoms with Gasteiger partial charge in [-0.25, -0.2) is 0 Å². The number of carbonyl (C=O) groups is 2. The lowest BCUT2D eigenvalue weighted by Crippen LogP contribution is -2.41. The molecular weight excluding hydrogens is 386 g/mol. The summed E-state index contributed by atoms with van der Waals surface area (Å²) in [7, 11) is 0. The Balaban J connectivity index is 1.38. The number of amides is 2. The Morgan fingerprint density at radius 3 is 2.31 bits per heavy atom. The number of ether oxygens (including phenoxy) is 1. The summed E-state index contributed by atoms with van der Waals surface area (Å²) in [6.45, 7) is 5.33. The fourth-order valence-electron chi connectivity index (χ4n) is 3.06. The molecule has 0 saturated carbocycles. The Morgan fingerprint density at radius 1 is 1.00 bits per heavy atom. The van der Waals surface area contributed by atoms with Gasteiger partial charge in [0.05, 0.1) is 25.5 Å². The number of rotatable bonds is 8. The van der Waals surface area contributed by atoms with Gasteiger partial charge in [-0.05, 0) is 36.8 Å². The topological polar surface area (TPSA) is 70.7 Å². The predicted molar refractivity (Wildman–Crippen MR) is 118 cm³/mol. The van der Waals surface area contributed by atoms with Gasteiger partial charge in [-0.3, -0.25) is 14.5 Å². The highest BCUT2D eigenvalue weighted by Gasteiger charge is 2.14. The third-order valence-corrected chi connectivity index (χ3v) is 5.51. The Kier molecular flexibility index (Phi) is 8.10. The number of aryl methyl sites for hydroxylation is 1. The number of morpholine rings is 1. The summed E-state index contributed by atoms with van der Waals surface area (Å²) in [5, 5.41) is 5.78. The Bertz CT molecular complexity index is 820. The molecule has 1 heterocycles. The van der Waals surface area contributed by atoms with Crippen molar-refractivity contribution in [3.63, 3.8) is 0 Å². The highest BCUT2D eigenvalue weighted by atomic mass is 32.2. The van der Waals surface area contributed by atoms with Crippen LogP contribution >= 0.6 is 11.8 Å². The van der Waals surface area contributed by atoms with Gasteiger partial charge in [-0.15, -0.1) is 11.8 Å². The second kappa shape index (κ2) is 11.0. The summed E-state index contributed by atoms with van der Waals surface area (Å²) in [4.78, 5) is 26.3. The number of anilines is 2. The van der Waals surface area contributed by atoms with Crippen molar-refractivity contribution in [2.45, 2.75) is 12.7 Å². The first kappa shape index (κ1) is 21.4. The molecule has 0 aromatic heterocycles. The first-order valence-corrected chi connectivity index (χ1v) is 10.9. The van der Waals surface area contributed by atoms with Crippen molar-refractivity contribution >= 4 is 35.0 Å². The first-order valence-electron chi connectivity index (χ1n) is 9.72. The van der Waals surface area contributed by atoms with Gasteiger partial charge in [-0.1, -0.05) is 29.8 Å². The molecule has 1 aliphatic rings. The normalized spacial score (nSPS) is 14.4. The monoisotopic (exact) mass is 413 g/mol. The van der Waals surface area contributed by atoms with E-state index in [0.717, 1.165) is 30.2 Å². The number of benzene rings is 2. The lowest BCUT2D eigenvalue weighted by Gasteiger charge is -2.25. The largest absolute Gasteiger partial charge is 0.379 e. The maximum absolute atomic E-state index is 12.1. The van der Waals surface area contributed by atoms with Gasteiger partial charge in [-0.2, -0.15) is 0 Å². The van der Waals surface area contributed by atoms with E-state index in [4.69, 9.17) is 4.74 Å². The minimum Gasteiger partial charge on any atom is -0.379 e. The molecule has 2 amide bonds. The molecule has 2 aromatic carbocycles. The van der Waals surface area contributed by atoms with Crippen LogP contribution in [0.25, 0.3) is 0 Å². The van der Waals surface area contributed by atoms with E-state index in [1.54, 1.807) is 36.0 Å². The van der Waals surface area contributed by atoms with Gasteiger partial charge in [0.25, 0.3) is 0 Å². The van der Waals surface area contributed by atoms with Gasteiger partial charge < -0.3 is 15.4 Å². The molecule has 0 atom stereocenters. The molecule has 0 aliphatic carbocycles. The second-order valence-electron chi connectivity index (χ2n) is 7.04. The smallest absolute Gasteiger partial charge is 0.238 e. The Labute approximate surface area is 176 Å². The van der Waals surface area contributed by atoms with Crippen LogP contribution in [-0.2, 0) is 20.1 Å². The third-order valence-electron chi connectivity index (χ3n) is 4.51. The molecule has 6 nitrogen and oxygen atoms in total. The van der Waals surface area contributed by atoms with E-state index < -0.39 is 0 Å². The van der Waals surface area contributed by atoms with Crippen LogP contribution in [0, 0.1) is 6.92 Å². The first-order chi connectivity index (χ1) is 14.1. The fourth-order valence-corrected chi connectivity index (χ4v) is 3.84. The van der Waals surface area contributed by atoms with Crippen molar-refractivity contribution in [3.05, 3.63) is 59.7 Å². The summed E-state index contributed by atoms with van der Waals surface area (Å²) in [6, 6.07) is 15.5. The summed E-state index contributed by atoms with van der Waals surface area (Å²) in [6.07, 6.45) is 0. The molecule has 0 spiro atoms. The van der Waals surface area contributed by atoms with Crippen LogP contribution < -0.4 is 10.6 Å². The maximum atomic E-state index is 12.1. The van der Waals surface area contributed by atoms with E-state index >= 15 is 0 Å². The van der Waals surface area contributed by atoms with E-state index in [1.165, 1.54) is 11.1 Å². The van der Waals surface area contributed by atoms with Crippen LogP contribution in [0.1, 0.15) is 11.1 Å². The van der Waals surface area contributed by atoms with Crippen molar-refractivity contribution in [3.8, 4) is 0 Å². The molecule has 2 aromatic rings. The number of carbonyl (C=O) groups excluding carboxylic acids is 2. The quantitative estimate of drug-likeness (QED) is 0.696.